The highest BCUT2D eigenvalue weighted by molar-refractivity contribution is 5.91. The van der Waals surface area contributed by atoms with Crippen LogP contribution in [-0.2, 0) is 0 Å². The molecule has 0 radical (unpaired) electrons. The van der Waals surface area contributed by atoms with Crippen molar-refractivity contribution in [2.75, 3.05) is 30.9 Å². The molecule has 1 aliphatic heterocycles. The summed E-state index contributed by atoms with van der Waals surface area (Å²) in [5.74, 6) is 5.53. The maximum Gasteiger partial charge on any atom is 0.350 e. The van der Waals surface area contributed by atoms with E-state index >= 15 is 4.39 Å². The van der Waals surface area contributed by atoms with Crippen LogP contribution in [0.25, 0.3) is 10.9 Å². The molecule has 2 aliphatic rings. The lowest BCUT2D eigenvalue weighted by Gasteiger charge is -2.25. The molecule has 1 aromatic carbocycles. The minimum absolute atomic E-state index is 0. The van der Waals surface area contributed by atoms with Gasteiger partial charge in [-0.2, -0.15) is 4.68 Å². The largest absolute Gasteiger partial charge is 0.492 e. The predicted molar refractivity (Wildman–Crippen MR) is 109 cm³/mol. The van der Waals surface area contributed by atoms with Gasteiger partial charge in [0.25, 0.3) is 5.56 Å². The third-order valence-electron chi connectivity index (χ3n) is 5.69. The molecule has 8 nitrogen and oxygen atoms in total. The van der Waals surface area contributed by atoms with Gasteiger partial charge in [0, 0.05) is 25.2 Å². The number of ether oxygens (including phenoxy) is 1. The summed E-state index contributed by atoms with van der Waals surface area (Å²) in [4.78, 5) is 27.0. The number of hydrogen-bond acceptors (Lipinski definition) is 6. The van der Waals surface area contributed by atoms with Crippen molar-refractivity contribution in [3.63, 3.8) is 0 Å². The van der Waals surface area contributed by atoms with Crippen molar-refractivity contribution in [2.45, 2.75) is 38.3 Å². The summed E-state index contributed by atoms with van der Waals surface area (Å²) < 4.78 is 22.6. The summed E-state index contributed by atoms with van der Waals surface area (Å²) >= 11 is 0. The summed E-state index contributed by atoms with van der Waals surface area (Å²) in [7, 11) is 1.42. The molecule has 1 aliphatic carbocycles. The van der Waals surface area contributed by atoms with E-state index in [4.69, 9.17) is 16.3 Å². The fourth-order valence-electron chi connectivity index (χ4n) is 4.02. The van der Waals surface area contributed by atoms with Crippen LogP contribution in [0.2, 0.25) is 0 Å². The first-order valence-electron chi connectivity index (χ1n) is 9.18. The van der Waals surface area contributed by atoms with E-state index < -0.39 is 17.1 Å². The van der Waals surface area contributed by atoms with Crippen molar-refractivity contribution in [2.24, 2.45) is 11.7 Å². The Morgan fingerprint density at radius 3 is 2.50 bits per heavy atom. The topological polar surface area (TPSA) is 109 Å². The molecular formula is C18H25ClFN5O3. The number of fused-ring (bicyclic) bond motifs is 1. The molecule has 1 saturated heterocycles. The third kappa shape index (κ3) is 3.02. The molecule has 0 bridgehead atoms. The van der Waals surface area contributed by atoms with Crippen LogP contribution in [-0.4, -0.2) is 35.5 Å². The molecule has 10 heteroatoms. The van der Waals surface area contributed by atoms with Crippen LogP contribution in [0.3, 0.4) is 0 Å². The Morgan fingerprint density at radius 2 is 1.96 bits per heavy atom. The highest BCUT2D eigenvalue weighted by atomic mass is 35.5. The Balaban J connectivity index is 0.00000225. The number of nitrogen functional groups attached to an aromatic ring is 1. The summed E-state index contributed by atoms with van der Waals surface area (Å²) in [6.45, 7) is 3.17. The molecule has 1 aromatic heterocycles. The van der Waals surface area contributed by atoms with Crippen LogP contribution in [0.4, 0.5) is 10.1 Å². The van der Waals surface area contributed by atoms with Crippen molar-refractivity contribution < 1.29 is 9.13 Å². The number of hydrogen-bond donors (Lipinski definition) is 2. The minimum Gasteiger partial charge on any atom is -0.492 e. The van der Waals surface area contributed by atoms with Crippen LogP contribution in [0, 0.1) is 11.7 Å². The number of nitrogens with zero attached hydrogens (tertiary/aromatic N) is 3. The fourth-order valence-corrected chi connectivity index (χ4v) is 4.02. The standard InChI is InChI=1S/C18H24FN5O3.ClH/c1-9(20)10-5-6-22(8-10)15-13(19)7-12-14(16(15)27-2)23(11-3-4-11)18(26)24(21)17(12)25;/h7,9-11H,3-6,8,20-21H2,1-2H3;1H/t9-,10-;/m0./s1. The lowest BCUT2D eigenvalue weighted by Crippen LogP contribution is -2.44. The van der Waals surface area contributed by atoms with E-state index in [-0.39, 0.29) is 47.2 Å². The van der Waals surface area contributed by atoms with Gasteiger partial charge in [0.05, 0.1) is 12.5 Å². The van der Waals surface area contributed by atoms with Gasteiger partial charge in [0.2, 0.25) is 0 Å². The number of benzene rings is 1. The molecule has 2 fully saturated rings. The highest BCUT2D eigenvalue weighted by Gasteiger charge is 2.34. The fraction of sp³-hybridized carbons (Fsp3) is 0.556. The van der Waals surface area contributed by atoms with Crippen molar-refractivity contribution in [3.8, 4) is 5.75 Å². The SMILES string of the molecule is COc1c(N2CC[C@H]([C@H](C)N)C2)c(F)cc2c(=O)n(N)c(=O)n(C3CC3)c12.Cl. The predicted octanol–water partition coefficient (Wildman–Crippen LogP) is 0.955. The zero-order valence-corrected chi connectivity index (χ0v) is 16.7. The first-order valence-corrected chi connectivity index (χ1v) is 9.18. The van der Waals surface area contributed by atoms with E-state index in [9.17, 15) is 9.59 Å². The lowest BCUT2D eigenvalue weighted by molar-refractivity contribution is 0.412. The van der Waals surface area contributed by atoms with Crippen molar-refractivity contribution in [1.82, 2.24) is 9.24 Å². The maximum atomic E-state index is 15.1. The van der Waals surface area contributed by atoms with Gasteiger partial charge in [0.1, 0.15) is 11.2 Å². The van der Waals surface area contributed by atoms with Gasteiger partial charge in [-0.15, -0.1) is 12.4 Å². The summed E-state index contributed by atoms with van der Waals surface area (Å²) in [6.07, 6.45) is 2.46. The van der Waals surface area contributed by atoms with E-state index in [1.54, 1.807) is 0 Å². The second kappa shape index (κ2) is 7.29. The van der Waals surface area contributed by atoms with E-state index in [2.05, 4.69) is 0 Å². The zero-order valence-electron chi connectivity index (χ0n) is 15.9. The molecule has 2 atom stereocenters. The van der Waals surface area contributed by atoms with Gasteiger partial charge < -0.3 is 21.2 Å². The number of halogens is 2. The summed E-state index contributed by atoms with van der Waals surface area (Å²) in [5.41, 5.74) is 5.26. The Labute approximate surface area is 167 Å². The van der Waals surface area contributed by atoms with E-state index in [1.165, 1.54) is 11.7 Å². The molecule has 0 spiro atoms. The molecule has 0 unspecified atom stereocenters. The molecule has 28 heavy (non-hydrogen) atoms. The second-order valence-corrected chi connectivity index (χ2v) is 7.55. The Kier molecular flexibility index (Phi) is 5.33. The molecule has 4 rings (SSSR count). The summed E-state index contributed by atoms with van der Waals surface area (Å²) in [5, 5.41) is 0.0463. The normalized spacial score (nSPS) is 20.3. The molecule has 1 saturated carbocycles. The average molecular weight is 414 g/mol. The Morgan fingerprint density at radius 1 is 1.29 bits per heavy atom. The minimum atomic E-state index is -0.731. The maximum absolute atomic E-state index is 15.1. The van der Waals surface area contributed by atoms with Crippen LogP contribution >= 0.6 is 12.4 Å². The molecule has 4 N–H and O–H groups in total. The van der Waals surface area contributed by atoms with Crippen LogP contribution in [0.5, 0.6) is 5.75 Å². The second-order valence-electron chi connectivity index (χ2n) is 7.55. The van der Waals surface area contributed by atoms with Gasteiger partial charge in [-0.3, -0.25) is 9.36 Å². The smallest absolute Gasteiger partial charge is 0.350 e. The molecule has 0 amide bonds. The van der Waals surface area contributed by atoms with E-state index in [0.29, 0.717) is 23.3 Å². The van der Waals surface area contributed by atoms with Gasteiger partial charge in [-0.1, -0.05) is 0 Å². The molecular weight excluding hydrogens is 389 g/mol. The molecule has 154 valence electrons. The van der Waals surface area contributed by atoms with E-state index in [1.807, 2.05) is 11.8 Å². The molecule has 2 aromatic rings. The first kappa shape index (κ1) is 20.5. The van der Waals surface area contributed by atoms with Gasteiger partial charge >= 0.3 is 5.69 Å². The quantitative estimate of drug-likeness (QED) is 0.722. The van der Waals surface area contributed by atoms with Crippen LogP contribution in [0.15, 0.2) is 15.7 Å². The van der Waals surface area contributed by atoms with Gasteiger partial charge in [-0.05, 0) is 38.2 Å². The first-order chi connectivity index (χ1) is 12.8. The monoisotopic (exact) mass is 413 g/mol. The third-order valence-corrected chi connectivity index (χ3v) is 5.69. The lowest BCUT2D eigenvalue weighted by atomic mass is 10.0. The average Bonchev–Trinajstić information content (AvgIpc) is 3.35. The number of aromatic nitrogens is 2. The van der Waals surface area contributed by atoms with Crippen molar-refractivity contribution in [1.29, 1.82) is 0 Å². The van der Waals surface area contributed by atoms with Crippen molar-refractivity contribution >= 4 is 29.0 Å². The van der Waals surface area contributed by atoms with Crippen molar-refractivity contribution in [3.05, 3.63) is 32.7 Å². The Bertz CT molecular complexity index is 1030. The zero-order chi connectivity index (χ0) is 19.5. The number of nitrogens with two attached hydrogens (primary N) is 2. The number of rotatable bonds is 4. The number of methoxy groups -OCH3 is 1. The van der Waals surface area contributed by atoms with Crippen LogP contribution in [0.1, 0.15) is 32.2 Å². The molecule has 2 heterocycles. The Hall–Kier alpha value is -2.26. The van der Waals surface area contributed by atoms with Gasteiger partial charge in [0.15, 0.2) is 11.6 Å². The van der Waals surface area contributed by atoms with Crippen LogP contribution < -0.4 is 32.5 Å². The summed E-state index contributed by atoms with van der Waals surface area (Å²) in [6, 6.07) is 1.10. The van der Waals surface area contributed by atoms with E-state index in [0.717, 1.165) is 25.3 Å². The van der Waals surface area contributed by atoms with Gasteiger partial charge in [-0.25, -0.2) is 9.18 Å². The highest BCUT2D eigenvalue weighted by Crippen LogP contribution is 2.43. The number of anilines is 1.